The van der Waals surface area contributed by atoms with Gasteiger partial charge in [0.2, 0.25) is 0 Å². The number of carbonyl (C=O) groups excluding carboxylic acids is 1. The van der Waals surface area contributed by atoms with Crippen LogP contribution in [0.1, 0.15) is 49.4 Å². The van der Waals surface area contributed by atoms with E-state index in [0.29, 0.717) is 12.3 Å². The number of hydrogen-bond donors (Lipinski definition) is 0. The third-order valence-corrected chi connectivity index (χ3v) is 4.59. The number of hydrogen-bond acceptors (Lipinski definition) is 2. The summed E-state index contributed by atoms with van der Waals surface area (Å²) in [6.45, 7) is 2.26. The lowest BCUT2D eigenvalue weighted by molar-refractivity contribution is -0.000832. The Kier molecular flexibility index (Phi) is 2.97. The Morgan fingerprint density at radius 2 is 2.28 bits per heavy atom. The minimum Gasteiger partial charge on any atom is -0.486 e. The molecule has 3 heteroatoms. The lowest BCUT2D eigenvalue weighted by Crippen LogP contribution is -2.45. The molecule has 0 N–H and O–H groups in total. The van der Waals surface area contributed by atoms with Crippen molar-refractivity contribution < 1.29 is 9.53 Å². The maximum Gasteiger partial charge on any atom is 0.170 e. The normalized spacial score (nSPS) is 31.0. The van der Waals surface area contributed by atoms with Crippen molar-refractivity contribution in [2.75, 3.05) is 0 Å². The van der Waals surface area contributed by atoms with E-state index in [9.17, 15) is 4.79 Å². The van der Waals surface area contributed by atoms with E-state index in [4.69, 9.17) is 4.74 Å². The van der Waals surface area contributed by atoms with Crippen LogP contribution in [0.5, 0.6) is 5.75 Å². The molecular formula is C15H17BrO2. The smallest absolute Gasteiger partial charge is 0.170 e. The molecule has 1 fully saturated rings. The second-order valence-corrected chi connectivity index (χ2v) is 6.64. The molecule has 2 nitrogen and oxygen atoms in total. The molecule has 2 unspecified atom stereocenters. The highest BCUT2D eigenvalue weighted by Gasteiger charge is 2.43. The first kappa shape index (κ1) is 12.2. The monoisotopic (exact) mass is 308 g/mol. The zero-order valence-corrected chi connectivity index (χ0v) is 12.1. The molecule has 0 amide bonds. The summed E-state index contributed by atoms with van der Waals surface area (Å²) in [5.41, 5.74) is 0.503. The number of ketones is 1. The van der Waals surface area contributed by atoms with Gasteiger partial charge in [0, 0.05) is 4.47 Å². The predicted octanol–water partition coefficient (Wildman–Crippen LogP) is 4.36. The fourth-order valence-corrected chi connectivity index (χ4v) is 3.69. The summed E-state index contributed by atoms with van der Waals surface area (Å²) in [6, 6.07) is 5.73. The summed E-state index contributed by atoms with van der Waals surface area (Å²) in [5.74, 6) is 1.65. The Labute approximate surface area is 116 Å². The first-order chi connectivity index (χ1) is 8.58. The minimum absolute atomic E-state index is 0.227. The lowest BCUT2D eigenvalue weighted by Gasteiger charge is -2.42. The van der Waals surface area contributed by atoms with Crippen LogP contribution in [0.3, 0.4) is 0 Å². The molecule has 2 aliphatic rings. The van der Waals surface area contributed by atoms with E-state index in [0.717, 1.165) is 28.6 Å². The summed E-state index contributed by atoms with van der Waals surface area (Å²) < 4.78 is 7.15. The van der Waals surface area contributed by atoms with Crippen molar-refractivity contribution in [3.05, 3.63) is 28.2 Å². The highest BCUT2D eigenvalue weighted by Crippen LogP contribution is 2.43. The van der Waals surface area contributed by atoms with Crippen molar-refractivity contribution in [3.63, 3.8) is 0 Å². The molecule has 2 atom stereocenters. The van der Waals surface area contributed by atoms with Gasteiger partial charge in [0.25, 0.3) is 0 Å². The number of fused-ring (bicyclic) bond motifs is 1. The molecule has 96 valence electrons. The van der Waals surface area contributed by atoms with Crippen LogP contribution in [0, 0.1) is 5.92 Å². The summed E-state index contributed by atoms with van der Waals surface area (Å²) in [4.78, 5) is 12.3. The van der Waals surface area contributed by atoms with Gasteiger partial charge in [-0.25, -0.2) is 0 Å². The number of rotatable bonds is 0. The van der Waals surface area contributed by atoms with Gasteiger partial charge >= 0.3 is 0 Å². The van der Waals surface area contributed by atoms with Crippen LogP contribution in [0.2, 0.25) is 0 Å². The molecule has 1 aromatic rings. The van der Waals surface area contributed by atoms with Gasteiger partial charge < -0.3 is 4.74 Å². The molecule has 0 bridgehead atoms. The van der Waals surface area contributed by atoms with Crippen LogP contribution >= 0.6 is 15.9 Å². The molecule has 1 heterocycles. The standard InChI is InChI=1S/C15H17BrO2/c1-10-3-2-6-15(8-10)9-13(17)12-7-11(16)4-5-14(12)18-15/h4-5,7,10H,2-3,6,8-9H2,1H3. The van der Waals surface area contributed by atoms with Crippen LogP contribution in [-0.2, 0) is 0 Å². The van der Waals surface area contributed by atoms with Gasteiger partial charge in [-0.05, 0) is 43.4 Å². The van der Waals surface area contributed by atoms with Crippen LogP contribution < -0.4 is 4.74 Å². The fourth-order valence-electron chi connectivity index (χ4n) is 3.33. The van der Waals surface area contributed by atoms with Gasteiger partial charge in [0.1, 0.15) is 11.4 Å². The highest BCUT2D eigenvalue weighted by molar-refractivity contribution is 9.10. The second-order valence-electron chi connectivity index (χ2n) is 5.73. The first-order valence-corrected chi connectivity index (χ1v) is 7.39. The maximum atomic E-state index is 12.3. The average Bonchev–Trinajstić information content (AvgIpc) is 2.30. The van der Waals surface area contributed by atoms with Crippen molar-refractivity contribution in [1.29, 1.82) is 0 Å². The summed E-state index contributed by atoms with van der Waals surface area (Å²) in [5, 5.41) is 0. The number of halogens is 1. The van der Waals surface area contributed by atoms with Gasteiger partial charge in [-0.1, -0.05) is 29.3 Å². The fraction of sp³-hybridized carbons (Fsp3) is 0.533. The van der Waals surface area contributed by atoms with E-state index in [1.165, 1.54) is 12.8 Å². The molecule has 0 saturated heterocycles. The number of carbonyl (C=O) groups is 1. The highest BCUT2D eigenvalue weighted by atomic mass is 79.9. The van der Waals surface area contributed by atoms with Gasteiger partial charge in [-0.15, -0.1) is 0 Å². The molecule has 1 aliphatic carbocycles. The zero-order chi connectivity index (χ0) is 12.8. The van der Waals surface area contributed by atoms with Crippen LogP contribution in [0.25, 0.3) is 0 Å². The second kappa shape index (κ2) is 4.37. The molecule has 1 aliphatic heterocycles. The number of ether oxygens (including phenoxy) is 1. The van der Waals surface area contributed by atoms with E-state index in [1.54, 1.807) is 0 Å². The maximum absolute atomic E-state index is 12.3. The third kappa shape index (κ3) is 2.09. The van der Waals surface area contributed by atoms with Crippen LogP contribution in [0.15, 0.2) is 22.7 Å². The average molecular weight is 309 g/mol. The summed E-state index contributed by atoms with van der Waals surface area (Å²) in [7, 11) is 0. The predicted molar refractivity (Wildman–Crippen MR) is 74.1 cm³/mol. The zero-order valence-electron chi connectivity index (χ0n) is 10.5. The van der Waals surface area contributed by atoms with E-state index in [-0.39, 0.29) is 11.4 Å². The Bertz CT molecular complexity index is 497. The third-order valence-electron chi connectivity index (χ3n) is 4.10. The molecule has 0 radical (unpaired) electrons. The van der Waals surface area contributed by atoms with E-state index in [1.807, 2.05) is 18.2 Å². The van der Waals surface area contributed by atoms with Gasteiger partial charge in [-0.2, -0.15) is 0 Å². The Balaban J connectivity index is 1.96. The van der Waals surface area contributed by atoms with E-state index in [2.05, 4.69) is 22.9 Å². The number of Topliss-reactive ketones (excluding diaryl/α,β-unsaturated/α-hetero) is 1. The van der Waals surface area contributed by atoms with Crippen molar-refractivity contribution in [2.24, 2.45) is 5.92 Å². The van der Waals surface area contributed by atoms with Gasteiger partial charge in [0.15, 0.2) is 5.78 Å². The molecule has 3 rings (SSSR count). The molecule has 0 aromatic heterocycles. The Morgan fingerprint density at radius 3 is 3.06 bits per heavy atom. The topological polar surface area (TPSA) is 26.3 Å². The molecule has 1 spiro atoms. The van der Waals surface area contributed by atoms with Crippen LogP contribution in [-0.4, -0.2) is 11.4 Å². The molecule has 1 aromatic carbocycles. The molecule has 1 saturated carbocycles. The molecule has 18 heavy (non-hydrogen) atoms. The summed E-state index contributed by atoms with van der Waals surface area (Å²) >= 11 is 3.41. The van der Waals surface area contributed by atoms with Gasteiger partial charge in [0.05, 0.1) is 12.0 Å². The molecular weight excluding hydrogens is 292 g/mol. The minimum atomic E-state index is -0.227. The van der Waals surface area contributed by atoms with Gasteiger partial charge in [-0.3, -0.25) is 4.79 Å². The van der Waals surface area contributed by atoms with Crippen molar-refractivity contribution >= 4 is 21.7 Å². The summed E-state index contributed by atoms with van der Waals surface area (Å²) in [6.07, 6.45) is 4.99. The van der Waals surface area contributed by atoms with Crippen molar-refractivity contribution in [2.45, 2.75) is 44.6 Å². The Morgan fingerprint density at radius 1 is 1.44 bits per heavy atom. The van der Waals surface area contributed by atoms with Crippen LogP contribution in [0.4, 0.5) is 0 Å². The quantitative estimate of drug-likeness (QED) is 0.711. The van der Waals surface area contributed by atoms with Crippen molar-refractivity contribution in [1.82, 2.24) is 0 Å². The van der Waals surface area contributed by atoms with E-state index < -0.39 is 0 Å². The first-order valence-electron chi connectivity index (χ1n) is 6.60. The number of benzene rings is 1. The van der Waals surface area contributed by atoms with E-state index >= 15 is 0 Å². The largest absolute Gasteiger partial charge is 0.486 e. The van der Waals surface area contributed by atoms with Crippen molar-refractivity contribution in [3.8, 4) is 5.75 Å². The SMILES string of the molecule is CC1CCCC2(CC(=O)c3cc(Br)ccc3O2)C1. The Hall–Kier alpha value is -0.830. The lowest BCUT2D eigenvalue weighted by atomic mass is 9.74.